The molecule has 5 nitrogen and oxygen atoms in total. The molecule has 2 aliphatic rings. The first-order valence-corrected chi connectivity index (χ1v) is 11.6. The summed E-state index contributed by atoms with van der Waals surface area (Å²) in [7, 11) is 0. The zero-order chi connectivity index (χ0) is 25.9. The molecule has 36 heavy (non-hydrogen) atoms. The molecular formula is C26H25F5N2O3. The van der Waals surface area contributed by atoms with Crippen LogP contribution in [0.25, 0.3) is 0 Å². The zero-order valence-electron chi connectivity index (χ0n) is 19.5. The van der Waals surface area contributed by atoms with Crippen LogP contribution in [-0.2, 0) is 4.79 Å². The van der Waals surface area contributed by atoms with Gasteiger partial charge < -0.3 is 20.1 Å². The molecule has 1 unspecified atom stereocenters. The van der Waals surface area contributed by atoms with E-state index in [0.717, 1.165) is 17.7 Å². The Morgan fingerprint density at radius 3 is 2.67 bits per heavy atom. The van der Waals surface area contributed by atoms with Crippen LogP contribution in [0.5, 0.6) is 11.5 Å². The molecule has 192 valence electrons. The average Bonchev–Trinajstić information content (AvgIpc) is 2.80. The first-order chi connectivity index (χ1) is 17.0. The minimum absolute atomic E-state index is 0.0352. The molecule has 4 rings (SSSR count). The molecule has 1 saturated carbocycles. The van der Waals surface area contributed by atoms with E-state index >= 15 is 0 Å². The van der Waals surface area contributed by atoms with Crippen molar-refractivity contribution in [1.82, 2.24) is 0 Å². The third-order valence-electron chi connectivity index (χ3n) is 6.11. The molecule has 0 bridgehead atoms. The summed E-state index contributed by atoms with van der Waals surface area (Å²) in [4.78, 5) is 12.9. The quantitative estimate of drug-likeness (QED) is 0.378. The van der Waals surface area contributed by atoms with Gasteiger partial charge in [0, 0.05) is 30.9 Å². The van der Waals surface area contributed by atoms with E-state index in [1.54, 1.807) is 6.07 Å². The summed E-state index contributed by atoms with van der Waals surface area (Å²) in [6.07, 6.45) is -4.58. The predicted octanol–water partition coefficient (Wildman–Crippen LogP) is 6.27. The van der Waals surface area contributed by atoms with Crippen LogP contribution in [0, 0.1) is 24.7 Å². The summed E-state index contributed by atoms with van der Waals surface area (Å²) in [5.41, 5.74) is 2.30. The van der Waals surface area contributed by atoms with Crippen LogP contribution in [0.2, 0.25) is 0 Å². The van der Waals surface area contributed by atoms with Crippen LogP contribution < -0.4 is 20.1 Å². The van der Waals surface area contributed by atoms with Crippen molar-refractivity contribution >= 4 is 17.3 Å². The number of rotatable bonds is 4. The number of fused-ring (bicyclic) bond motifs is 1. The fourth-order valence-electron chi connectivity index (χ4n) is 4.17. The minimum Gasteiger partial charge on any atom is -0.477 e. The molecule has 1 amide bonds. The zero-order valence-corrected chi connectivity index (χ0v) is 19.5. The maximum absolute atomic E-state index is 13.4. The maximum Gasteiger partial charge on any atom is 0.573 e. The van der Waals surface area contributed by atoms with Gasteiger partial charge in [-0.1, -0.05) is 17.9 Å². The number of nitrogens with one attached hydrogen (secondary N) is 2. The van der Waals surface area contributed by atoms with E-state index in [9.17, 15) is 26.7 Å². The van der Waals surface area contributed by atoms with E-state index in [2.05, 4.69) is 27.2 Å². The third-order valence-corrected chi connectivity index (χ3v) is 6.11. The fraction of sp³-hybridized carbons (Fsp3) is 0.423. The number of benzene rings is 2. The summed E-state index contributed by atoms with van der Waals surface area (Å²) >= 11 is 0. The second-order valence-corrected chi connectivity index (χ2v) is 9.04. The number of carbonyl (C=O) groups excluding carboxylic acids is 1. The molecule has 0 aromatic heterocycles. The van der Waals surface area contributed by atoms with E-state index in [4.69, 9.17) is 4.74 Å². The molecule has 0 spiro atoms. The van der Waals surface area contributed by atoms with Gasteiger partial charge in [-0.25, -0.2) is 8.78 Å². The lowest BCUT2D eigenvalue weighted by Crippen LogP contribution is -2.41. The van der Waals surface area contributed by atoms with E-state index < -0.39 is 30.0 Å². The van der Waals surface area contributed by atoms with Crippen molar-refractivity contribution < 1.29 is 36.2 Å². The van der Waals surface area contributed by atoms with Gasteiger partial charge in [-0.3, -0.25) is 4.79 Å². The minimum atomic E-state index is -4.81. The van der Waals surface area contributed by atoms with E-state index in [-0.39, 0.29) is 36.7 Å². The molecule has 1 aliphatic heterocycles. The van der Waals surface area contributed by atoms with Crippen LogP contribution in [0.15, 0.2) is 36.4 Å². The van der Waals surface area contributed by atoms with Crippen molar-refractivity contribution in [2.24, 2.45) is 5.92 Å². The van der Waals surface area contributed by atoms with Gasteiger partial charge in [0.1, 0.15) is 11.5 Å². The molecule has 0 saturated heterocycles. The Bertz CT molecular complexity index is 1180. The summed E-state index contributed by atoms with van der Waals surface area (Å²) < 4.78 is 73.6. The molecular weight excluding hydrogens is 483 g/mol. The molecule has 1 fully saturated rings. The summed E-state index contributed by atoms with van der Waals surface area (Å²) in [5, 5.41) is 5.69. The summed E-state index contributed by atoms with van der Waals surface area (Å²) in [6, 6.07) is 8.93. The summed E-state index contributed by atoms with van der Waals surface area (Å²) in [5.74, 6) is 3.05. The van der Waals surface area contributed by atoms with Gasteiger partial charge in [-0.05, 0) is 55.5 Å². The van der Waals surface area contributed by atoms with Crippen LogP contribution in [0.3, 0.4) is 0 Å². The Hall–Kier alpha value is -3.48. The first kappa shape index (κ1) is 25.6. The van der Waals surface area contributed by atoms with E-state index in [1.165, 1.54) is 6.07 Å². The first-order valence-electron chi connectivity index (χ1n) is 11.6. The number of ether oxygens (including phenoxy) is 2. The number of hydrogen-bond acceptors (Lipinski definition) is 4. The number of amides is 1. The number of carbonyl (C=O) groups is 1. The monoisotopic (exact) mass is 508 g/mol. The van der Waals surface area contributed by atoms with Crippen LogP contribution in [0.4, 0.5) is 33.3 Å². The van der Waals surface area contributed by atoms with Gasteiger partial charge in [0.2, 0.25) is 5.92 Å². The number of halogens is 5. The molecule has 1 aliphatic carbocycles. The lowest BCUT2D eigenvalue weighted by molar-refractivity contribution is -0.274. The highest BCUT2D eigenvalue weighted by atomic mass is 19.4. The topological polar surface area (TPSA) is 59.6 Å². The van der Waals surface area contributed by atoms with Crippen molar-refractivity contribution in [3.63, 3.8) is 0 Å². The van der Waals surface area contributed by atoms with Gasteiger partial charge in [0.25, 0.3) is 5.91 Å². The van der Waals surface area contributed by atoms with Gasteiger partial charge >= 0.3 is 6.36 Å². The normalized spacial score (nSPS) is 19.1. The molecule has 1 atom stereocenters. The van der Waals surface area contributed by atoms with Crippen LogP contribution >= 0.6 is 0 Å². The van der Waals surface area contributed by atoms with Crippen molar-refractivity contribution in [1.29, 1.82) is 0 Å². The lowest BCUT2D eigenvalue weighted by atomic mass is 9.85. The summed E-state index contributed by atoms with van der Waals surface area (Å²) in [6.45, 7) is 1.93. The smallest absolute Gasteiger partial charge is 0.477 e. The maximum atomic E-state index is 13.4. The highest BCUT2D eigenvalue weighted by Crippen LogP contribution is 2.37. The number of alkyl halides is 5. The van der Waals surface area contributed by atoms with Gasteiger partial charge in [0.15, 0.2) is 6.10 Å². The second-order valence-electron chi connectivity index (χ2n) is 9.04. The largest absolute Gasteiger partial charge is 0.573 e. The number of aryl methyl sites for hydroxylation is 1. The highest BCUT2D eigenvalue weighted by molar-refractivity contribution is 5.96. The molecule has 2 N–H and O–H groups in total. The Morgan fingerprint density at radius 1 is 1.19 bits per heavy atom. The third kappa shape index (κ3) is 6.80. The molecule has 10 heteroatoms. The van der Waals surface area contributed by atoms with Crippen molar-refractivity contribution in [3.8, 4) is 23.3 Å². The number of hydrogen-bond donors (Lipinski definition) is 2. The van der Waals surface area contributed by atoms with Gasteiger partial charge in [-0.2, -0.15) is 0 Å². The standard InChI is InChI=1S/C26H25F5N2O3/c1-16-5-7-20(18(13-16)4-2-3-17-9-11-25(27,28)12-10-17)33-24(34)23-15-32-21-14-19(36-26(29,30)31)6-8-22(21)35-23/h5-8,13-14,17,23,32H,3,9-12,15H2,1H3,(H,33,34). The van der Waals surface area contributed by atoms with Crippen molar-refractivity contribution in [2.75, 3.05) is 17.2 Å². The SMILES string of the molecule is Cc1ccc(NC(=O)C2CNc3cc(OC(F)(F)F)ccc3O2)c(C#CCC2CCC(F)(F)CC2)c1. The molecule has 0 radical (unpaired) electrons. The Morgan fingerprint density at radius 2 is 1.94 bits per heavy atom. The average molecular weight is 508 g/mol. The molecule has 1 heterocycles. The predicted molar refractivity (Wildman–Crippen MR) is 124 cm³/mol. The van der Waals surface area contributed by atoms with Gasteiger partial charge in [0.05, 0.1) is 17.9 Å². The Labute approximate surface area is 205 Å². The molecule has 2 aromatic rings. The van der Waals surface area contributed by atoms with E-state index in [1.807, 2.05) is 19.1 Å². The van der Waals surface area contributed by atoms with E-state index in [0.29, 0.717) is 30.5 Å². The lowest BCUT2D eigenvalue weighted by Gasteiger charge is -2.27. The Balaban J connectivity index is 1.39. The highest BCUT2D eigenvalue weighted by Gasteiger charge is 2.34. The molecule has 2 aromatic carbocycles. The van der Waals surface area contributed by atoms with Crippen molar-refractivity contribution in [2.45, 2.75) is 57.4 Å². The van der Waals surface area contributed by atoms with Crippen LogP contribution in [0.1, 0.15) is 43.2 Å². The van der Waals surface area contributed by atoms with Crippen LogP contribution in [-0.4, -0.2) is 30.8 Å². The van der Waals surface area contributed by atoms with Crippen molar-refractivity contribution in [3.05, 3.63) is 47.5 Å². The van der Waals surface area contributed by atoms with Gasteiger partial charge in [-0.15, -0.1) is 13.2 Å². The Kier molecular flexibility index (Phi) is 7.29. The second kappa shape index (κ2) is 10.2. The fourth-order valence-corrected chi connectivity index (χ4v) is 4.17. The number of anilines is 2.